The van der Waals surface area contributed by atoms with Crippen LogP contribution < -0.4 is 5.73 Å². The topological polar surface area (TPSA) is 26.0 Å². The number of hydrogen-bond donors (Lipinski definition) is 1. The van der Waals surface area contributed by atoms with E-state index in [0.717, 1.165) is 0 Å². The summed E-state index contributed by atoms with van der Waals surface area (Å²) >= 11 is 3.06. The Labute approximate surface area is 111 Å². The molecule has 0 heterocycles. The van der Waals surface area contributed by atoms with Gasteiger partial charge < -0.3 is 5.73 Å². The molecule has 0 saturated heterocycles. The van der Waals surface area contributed by atoms with Crippen LogP contribution in [0.25, 0.3) is 0 Å². The zero-order chi connectivity index (χ0) is 12.3. The van der Waals surface area contributed by atoms with Gasteiger partial charge in [0.2, 0.25) is 0 Å². The predicted octanol–water partition coefficient (Wildman–Crippen LogP) is 4.35. The highest BCUT2D eigenvalue weighted by atomic mass is 79.9. The fourth-order valence-corrected chi connectivity index (χ4v) is 1.61. The monoisotopic (exact) mass is 335 g/mol. The Morgan fingerprint density at radius 3 is 2.35 bits per heavy atom. The van der Waals surface area contributed by atoms with E-state index in [2.05, 4.69) is 15.9 Å². The summed E-state index contributed by atoms with van der Waals surface area (Å²) in [5, 5.41) is 0. The normalized spacial score (nSPS) is 13.1. The van der Waals surface area contributed by atoms with Gasteiger partial charge in [0.25, 0.3) is 0 Å². The lowest BCUT2D eigenvalue weighted by Crippen LogP contribution is -2.16. The molecule has 0 aliphatic rings. The summed E-state index contributed by atoms with van der Waals surface area (Å²) in [5.74, 6) is -0.593. The maximum atomic E-state index is 13.3. The molecule has 7 heteroatoms. The minimum absolute atomic E-state index is 0. The summed E-state index contributed by atoms with van der Waals surface area (Å²) in [6.07, 6.45) is -5.59. The molecule has 0 bridgehead atoms. The van der Waals surface area contributed by atoms with Crippen molar-refractivity contribution in [2.75, 3.05) is 0 Å². The van der Waals surface area contributed by atoms with Gasteiger partial charge in [-0.1, -0.05) is 22.0 Å². The Kier molecular flexibility index (Phi) is 6.43. The minimum Gasteiger partial charge on any atom is -0.324 e. The van der Waals surface area contributed by atoms with Crippen LogP contribution >= 0.6 is 28.3 Å². The van der Waals surface area contributed by atoms with Crippen LogP contribution in [0.5, 0.6) is 0 Å². The van der Waals surface area contributed by atoms with E-state index in [4.69, 9.17) is 5.73 Å². The highest BCUT2D eigenvalue weighted by Gasteiger charge is 2.28. The molecule has 0 fully saturated rings. The van der Waals surface area contributed by atoms with Gasteiger partial charge in [0, 0.05) is 22.5 Å². The first-order valence-electron chi connectivity index (χ1n) is 4.57. The van der Waals surface area contributed by atoms with E-state index in [1.807, 2.05) is 0 Å². The lowest BCUT2D eigenvalue weighted by Gasteiger charge is -2.14. The summed E-state index contributed by atoms with van der Waals surface area (Å²) in [4.78, 5) is 0. The molecule has 1 nitrogen and oxygen atoms in total. The second kappa shape index (κ2) is 6.56. The standard InChI is InChI=1S/C10H10BrF4N.ClH/c11-6-1-2-7(8(12)5-6)9(16)3-4-10(13,14)15;/h1-2,5,9H,3-4,16H2;1H/t9-;/m0./s1. The second-order valence-corrected chi connectivity index (χ2v) is 4.34. The van der Waals surface area contributed by atoms with E-state index in [1.54, 1.807) is 6.07 Å². The van der Waals surface area contributed by atoms with Crippen LogP contribution in [0.15, 0.2) is 22.7 Å². The van der Waals surface area contributed by atoms with Crippen LogP contribution in [0, 0.1) is 5.82 Å². The van der Waals surface area contributed by atoms with E-state index in [9.17, 15) is 17.6 Å². The first-order chi connectivity index (χ1) is 7.29. The van der Waals surface area contributed by atoms with Crippen LogP contribution in [-0.4, -0.2) is 6.18 Å². The number of alkyl halides is 3. The first-order valence-corrected chi connectivity index (χ1v) is 5.36. The lowest BCUT2D eigenvalue weighted by molar-refractivity contribution is -0.136. The number of halogens is 6. The van der Waals surface area contributed by atoms with E-state index in [1.165, 1.54) is 12.1 Å². The maximum absolute atomic E-state index is 13.3. The third-order valence-electron chi connectivity index (χ3n) is 2.10. The van der Waals surface area contributed by atoms with Gasteiger partial charge in [-0.3, -0.25) is 0 Å². The summed E-state index contributed by atoms with van der Waals surface area (Å²) in [6.45, 7) is 0. The van der Waals surface area contributed by atoms with Crippen LogP contribution in [0.3, 0.4) is 0 Å². The molecule has 0 aliphatic carbocycles. The highest BCUT2D eigenvalue weighted by molar-refractivity contribution is 9.10. The molecule has 0 spiro atoms. The van der Waals surface area contributed by atoms with E-state index in [0.29, 0.717) is 4.47 Å². The SMILES string of the molecule is Cl.N[C@@H](CCC(F)(F)F)c1ccc(Br)cc1F. The molecule has 1 aromatic carbocycles. The Morgan fingerprint density at radius 2 is 1.88 bits per heavy atom. The van der Waals surface area contributed by atoms with Crippen molar-refractivity contribution >= 4 is 28.3 Å². The Balaban J connectivity index is 0.00000256. The van der Waals surface area contributed by atoms with E-state index in [-0.39, 0.29) is 24.4 Å². The van der Waals surface area contributed by atoms with Crippen molar-refractivity contribution < 1.29 is 17.6 Å². The van der Waals surface area contributed by atoms with E-state index < -0.39 is 24.5 Å². The quantitative estimate of drug-likeness (QED) is 0.816. The predicted molar refractivity (Wildman–Crippen MR) is 63.6 cm³/mol. The molecule has 0 radical (unpaired) electrons. The molecule has 0 saturated carbocycles. The summed E-state index contributed by atoms with van der Waals surface area (Å²) in [5.41, 5.74) is 5.60. The van der Waals surface area contributed by atoms with Gasteiger partial charge in [0.05, 0.1) is 0 Å². The van der Waals surface area contributed by atoms with Gasteiger partial charge in [-0.2, -0.15) is 13.2 Å². The zero-order valence-electron chi connectivity index (χ0n) is 8.60. The molecule has 98 valence electrons. The number of rotatable bonds is 3. The van der Waals surface area contributed by atoms with Gasteiger partial charge in [-0.05, 0) is 18.6 Å². The molecule has 0 unspecified atom stereocenters. The van der Waals surface area contributed by atoms with Crippen LogP contribution in [-0.2, 0) is 0 Å². The molecule has 0 aliphatic heterocycles. The van der Waals surface area contributed by atoms with Crippen molar-refractivity contribution in [3.8, 4) is 0 Å². The van der Waals surface area contributed by atoms with Gasteiger partial charge in [-0.25, -0.2) is 4.39 Å². The molecule has 1 aromatic rings. The fraction of sp³-hybridized carbons (Fsp3) is 0.400. The minimum atomic E-state index is -4.26. The zero-order valence-corrected chi connectivity index (χ0v) is 11.0. The second-order valence-electron chi connectivity index (χ2n) is 3.43. The molecule has 17 heavy (non-hydrogen) atoms. The van der Waals surface area contributed by atoms with Crippen molar-refractivity contribution in [3.63, 3.8) is 0 Å². The van der Waals surface area contributed by atoms with Crippen molar-refractivity contribution in [1.29, 1.82) is 0 Å². The molecule has 2 N–H and O–H groups in total. The van der Waals surface area contributed by atoms with Crippen LogP contribution in [0.2, 0.25) is 0 Å². The average Bonchev–Trinajstić information content (AvgIpc) is 2.13. The van der Waals surface area contributed by atoms with Crippen molar-refractivity contribution in [2.24, 2.45) is 5.73 Å². The van der Waals surface area contributed by atoms with Gasteiger partial charge >= 0.3 is 6.18 Å². The molecule has 1 atom stereocenters. The average molecular weight is 337 g/mol. The Morgan fingerprint density at radius 1 is 1.29 bits per heavy atom. The highest BCUT2D eigenvalue weighted by Crippen LogP contribution is 2.28. The van der Waals surface area contributed by atoms with Gasteiger partial charge in [0.15, 0.2) is 0 Å². The molecule has 0 amide bonds. The Hall–Kier alpha value is -0.330. The Bertz CT molecular complexity index is 370. The molecular weight excluding hydrogens is 325 g/mol. The van der Waals surface area contributed by atoms with Crippen molar-refractivity contribution in [1.82, 2.24) is 0 Å². The molecule has 1 rings (SSSR count). The number of hydrogen-bond acceptors (Lipinski definition) is 1. The maximum Gasteiger partial charge on any atom is 0.389 e. The van der Waals surface area contributed by atoms with Gasteiger partial charge in [0.1, 0.15) is 5.82 Å². The lowest BCUT2D eigenvalue weighted by atomic mass is 10.0. The largest absolute Gasteiger partial charge is 0.389 e. The third kappa shape index (κ3) is 5.70. The van der Waals surface area contributed by atoms with Crippen LogP contribution in [0.1, 0.15) is 24.4 Å². The van der Waals surface area contributed by atoms with Gasteiger partial charge in [-0.15, -0.1) is 12.4 Å². The van der Waals surface area contributed by atoms with E-state index >= 15 is 0 Å². The summed E-state index contributed by atoms with van der Waals surface area (Å²) in [7, 11) is 0. The number of benzene rings is 1. The van der Waals surface area contributed by atoms with Crippen molar-refractivity contribution in [2.45, 2.75) is 25.1 Å². The first kappa shape index (κ1) is 16.7. The van der Waals surface area contributed by atoms with Crippen LogP contribution in [0.4, 0.5) is 17.6 Å². The summed E-state index contributed by atoms with van der Waals surface area (Å²) in [6, 6.07) is 3.18. The van der Waals surface area contributed by atoms with Crippen molar-refractivity contribution in [3.05, 3.63) is 34.1 Å². The fourth-order valence-electron chi connectivity index (χ4n) is 1.28. The molecule has 0 aromatic heterocycles. The molecular formula is C10H11BrClF4N. The third-order valence-corrected chi connectivity index (χ3v) is 2.59. The summed E-state index contributed by atoms with van der Waals surface area (Å²) < 4.78 is 49.7. The smallest absolute Gasteiger partial charge is 0.324 e. The number of nitrogens with two attached hydrogens (primary N) is 1.